The SMILES string of the molecule is CCC(CC)(NCCN)C(=O)[C@H](C)OC(CC)(CC)C(C)=O. The fourth-order valence-electron chi connectivity index (χ4n) is 3.03. The van der Waals surface area contributed by atoms with Crippen molar-refractivity contribution in [1.82, 2.24) is 5.32 Å². The van der Waals surface area contributed by atoms with Crippen molar-refractivity contribution in [3.63, 3.8) is 0 Å². The van der Waals surface area contributed by atoms with E-state index in [0.29, 0.717) is 38.8 Å². The maximum atomic E-state index is 12.9. The van der Waals surface area contributed by atoms with E-state index in [9.17, 15) is 9.59 Å². The van der Waals surface area contributed by atoms with Crippen LogP contribution in [-0.4, -0.2) is 41.9 Å². The molecule has 0 aromatic carbocycles. The van der Waals surface area contributed by atoms with Crippen molar-refractivity contribution >= 4 is 11.6 Å². The van der Waals surface area contributed by atoms with Gasteiger partial charge in [0.1, 0.15) is 11.7 Å². The van der Waals surface area contributed by atoms with Crippen LogP contribution >= 0.6 is 0 Å². The highest BCUT2D eigenvalue weighted by Gasteiger charge is 2.42. The average Bonchev–Trinajstić information content (AvgIpc) is 2.53. The van der Waals surface area contributed by atoms with E-state index in [0.717, 1.165) is 0 Å². The van der Waals surface area contributed by atoms with Crippen molar-refractivity contribution in [2.24, 2.45) is 5.73 Å². The lowest BCUT2D eigenvalue weighted by Crippen LogP contribution is -2.57. The van der Waals surface area contributed by atoms with Crippen LogP contribution in [0.5, 0.6) is 0 Å². The Hall–Kier alpha value is -0.780. The van der Waals surface area contributed by atoms with Gasteiger partial charge in [-0.25, -0.2) is 0 Å². The summed E-state index contributed by atoms with van der Waals surface area (Å²) in [6, 6.07) is 0. The first-order valence-corrected chi connectivity index (χ1v) is 8.47. The molecule has 0 aromatic heterocycles. The van der Waals surface area contributed by atoms with E-state index in [-0.39, 0.29) is 11.6 Å². The summed E-state index contributed by atoms with van der Waals surface area (Å²) in [5, 5.41) is 3.27. The molecule has 0 aliphatic heterocycles. The maximum absolute atomic E-state index is 12.9. The van der Waals surface area contributed by atoms with E-state index in [1.165, 1.54) is 6.92 Å². The smallest absolute Gasteiger partial charge is 0.181 e. The highest BCUT2D eigenvalue weighted by molar-refractivity contribution is 5.92. The van der Waals surface area contributed by atoms with Crippen molar-refractivity contribution in [2.75, 3.05) is 13.1 Å². The minimum atomic E-state index is -0.865. The van der Waals surface area contributed by atoms with Gasteiger partial charge in [-0.1, -0.05) is 27.7 Å². The molecule has 0 heterocycles. The van der Waals surface area contributed by atoms with Crippen LogP contribution in [0.4, 0.5) is 0 Å². The third-order valence-electron chi connectivity index (χ3n) is 4.84. The van der Waals surface area contributed by atoms with Crippen molar-refractivity contribution in [3.8, 4) is 0 Å². The van der Waals surface area contributed by atoms with E-state index in [2.05, 4.69) is 5.32 Å². The molecule has 0 saturated carbocycles. The molecule has 0 saturated heterocycles. The number of hydrogen-bond donors (Lipinski definition) is 2. The molecule has 3 N–H and O–H groups in total. The summed E-state index contributed by atoms with van der Waals surface area (Å²) in [5.74, 6) is -0.0239. The fraction of sp³-hybridized carbons (Fsp3) is 0.882. The van der Waals surface area contributed by atoms with Gasteiger partial charge in [0.25, 0.3) is 0 Å². The minimum Gasteiger partial charge on any atom is -0.356 e. The summed E-state index contributed by atoms with van der Waals surface area (Å²) >= 11 is 0. The highest BCUT2D eigenvalue weighted by Crippen LogP contribution is 2.27. The Morgan fingerprint density at radius 2 is 1.59 bits per heavy atom. The van der Waals surface area contributed by atoms with Crippen LogP contribution in [0.3, 0.4) is 0 Å². The molecule has 0 aliphatic rings. The molecule has 130 valence electrons. The second-order valence-electron chi connectivity index (χ2n) is 5.89. The summed E-state index contributed by atoms with van der Waals surface area (Å²) in [6.45, 7) is 12.1. The number of Topliss-reactive ketones (excluding diaryl/α,β-unsaturated/α-hetero) is 2. The van der Waals surface area contributed by atoms with Gasteiger partial charge >= 0.3 is 0 Å². The molecular formula is C17H34N2O3. The quantitative estimate of drug-likeness (QED) is 0.577. The van der Waals surface area contributed by atoms with Crippen LogP contribution in [0.25, 0.3) is 0 Å². The largest absolute Gasteiger partial charge is 0.356 e. The van der Waals surface area contributed by atoms with Crippen molar-refractivity contribution in [3.05, 3.63) is 0 Å². The predicted molar refractivity (Wildman–Crippen MR) is 89.9 cm³/mol. The van der Waals surface area contributed by atoms with Crippen LogP contribution in [0.15, 0.2) is 0 Å². The normalized spacial score (nSPS) is 14.0. The zero-order chi connectivity index (χ0) is 17.4. The molecule has 0 radical (unpaired) electrons. The van der Waals surface area contributed by atoms with Gasteiger partial charge in [-0.15, -0.1) is 0 Å². The van der Waals surface area contributed by atoms with Gasteiger partial charge in [0.15, 0.2) is 11.6 Å². The first kappa shape index (κ1) is 21.2. The molecule has 1 atom stereocenters. The molecule has 0 unspecified atom stereocenters. The van der Waals surface area contributed by atoms with E-state index in [4.69, 9.17) is 10.5 Å². The van der Waals surface area contributed by atoms with Gasteiger partial charge in [0, 0.05) is 13.1 Å². The number of ether oxygens (including phenoxy) is 1. The second-order valence-corrected chi connectivity index (χ2v) is 5.89. The summed E-state index contributed by atoms with van der Waals surface area (Å²) in [4.78, 5) is 24.9. The maximum Gasteiger partial charge on any atom is 0.181 e. The first-order valence-electron chi connectivity index (χ1n) is 8.47. The van der Waals surface area contributed by atoms with Crippen LogP contribution in [-0.2, 0) is 14.3 Å². The lowest BCUT2D eigenvalue weighted by Gasteiger charge is -2.37. The Morgan fingerprint density at radius 3 is 1.91 bits per heavy atom. The lowest BCUT2D eigenvalue weighted by molar-refractivity contribution is -0.162. The Balaban J connectivity index is 5.27. The van der Waals surface area contributed by atoms with Crippen molar-refractivity contribution in [2.45, 2.75) is 84.5 Å². The second kappa shape index (κ2) is 9.38. The number of ketones is 2. The summed E-state index contributed by atoms with van der Waals surface area (Å²) < 4.78 is 5.98. The lowest BCUT2D eigenvalue weighted by atomic mass is 9.84. The Morgan fingerprint density at radius 1 is 1.09 bits per heavy atom. The van der Waals surface area contributed by atoms with Gasteiger partial charge < -0.3 is 15.8 Å². The summed E-state index contributed by atoms with van der Waals surface area (Å²) in [7, 11) is 0. The van der Waals surface area contributed by atoms with E-state index in [1.807, 2.05) is 27.7 Å². The Kier molecular flexibility index (Phi) is 9.05. The van der Waals surface area contributed by atoms with Crippen molar-refractivity contribution < 1.29 is 14.3 Å². The standard InChI is InChI=1S/C17H34N2O3/c1-7-16(8-2,19-12-11-18)15(21)13(5)22-17(9-3,10-4)14(6)20/h13,19H,7-12,18H2,1-6H3/t13-/m0/s1. The fourth-order valence-corrected chi connectivity index (χ4v) is 3.03. The molecular weight excluding hydrogens is 280 g/mol. The van der Waals surface area contributed by atoms with Crippen LogP contribution < -0.4 is 11.1 Å². The van der Waals surface area contributed by atoms with Gasteiger partial charge in [-0.2, -0.15) is 0 Å². The van der Waals surface area contributed by atoms with Crippen molar-refractivity contribution in [1.29, 1.82) is 0 Å². The Bertz CT molecular complexity index is 361. The monoisotopic (exact) mass is 314 g/mol. The predicted octanol–water partition coefficient (Wildman–Crippen LogP) is 2.22. The first-order chi connectivity index (χ1) is 10.3. The Labute approximate surface area is 135 Å². The third-order valence-corrected chi connectivity index (χ3v) is 4.84. The molecule has 0 amide bonds. The van der Waals surface area contributed by atoms with E-state index < -0.39 is 17.2 Å². The third kappa shape index (κ3) is 4.61. The van der Waals surface area contributed by atoms with Gasteiger partial charge in [-0.05, 0) is 39.5 Å². The van der Waals surface area contributed by atoms with Gasteiger partial charge in [0.05, 0.1) is 5.54 Å². The number of carbonyl (C=O) groups excluding carboxylic acids is 2. The molecule has 0 aliphatic carbocycles. The number of nitrogens with one attached hydrogen (secondary N) is 1. The molecule has 0 rings (SSSR count). The van der Waals surface area contributed by atoms with Crippen LogP contribution in [0.2, 0.25) is 0 Å². The minimum absolute atomic E-state index is 0.00141. The molecule has 0 bridgehead atoms. The number of rotatable bonds is 12. The van der Waals surface area contributed by atoms with Crippen LogP contribution in [0, 0.1) is 0 Å². The highest BCUT2D eigenvalue weighted by atomic mass is 16.5. The van der Waals surface area contributed by atoms with Gasteiger partial charge in [-0.3, -0.25) is 9.59 Å². The van der Waals surface area contributed by atoms with E-state index >= 15 is 0 Å². The number of carbonyl (C=O) groups is 2. The molecule has 5 nitrogen and oxygen atoms in total. The van der Waals surface area contributed by atoms with Gasteiger partial charge in [0.2, 0.25) is 0 Å². The topological polar surface area (TPSA) is 81.4 Å². The molecule has 0 aromatic rings. The zero-order valence-corrected chi connectivity index (χ0v) is 15.1. The molecule has 22 heavy (non-hydrogen) atoms. The summed E-state index contributed by atoms with van der Waals surface area (Å²) in [5.41, 5.74) is 4.06. The number of nitrogens with two attached hydrogens (primary N) is 1. The molecule has 0 fully saturated rings. The number of hydrogen-bond acceptors (Lipinski definition) is 5. The molecule has 0 spiro atoms. The van der Waals surface area contributed by atoms with E-state index in [1.54, 1.807) is 6.92 Å². The average molecular weight is 314 g/mol. The molecule has 5 heteroatoms. The van der Waals surface area contributed by atoms with Crippen LogP contribution in [0.1, 0.15) is 67.2 Å². The summed E-state index contributed by atoms with van der Waals surface area (Å²) in [6.07, 6.45) is 1.84. The zero-order valence-electron chi connectivity index (χ0n) is 15.1.